The van der Waals surface area contributed by atoms with E-state index < -0.39 is 0 Å². The van der Waals surface area contributed by atoms with Crippen molar-refractivity contribution < 1.29 is 0 Å². The summed E-state index contributed by atoms with van der Waals surface area (Å²) < 4.78 is 2.10. The molecule has 3 nitrogen and oxygen atoms in total. The molecule has 0 saturated carbocycles. The summed E-state index contributed by atoms with van der Waals surface area (Å²) in [4.78, 5) is 1.36. The fraction of sp³-hybridized carbons (Fsp3) is 0.500. The van der Waals surface area contributed by atoms with E-state index >= 15 is 0 Å². The van der Waals surface area contributed by atoms with Crippen LogP contribution in [0.4, 0.5) is 0 Å². The highest BCUT2D eigenvalue weighted by molar-refractivity contribution is 7.13. The van der Waals surface area contributed by atoms with Gasteiger partial charge in [0.2, 0.25) is 0 Å². The molecule has 0 amide bonds. The van der Waals surface area contributed by atoms with Gasteiger partial charge in [-0.3, -0.25) is 4.68 Å². The average Bonchev–Trinajstić information content (AvgIpc) is 2.97. The Hall–Kier alpha value is -1.13. The number of hydrogen-bond acceptors (Lipinski definition) is 3. The smallest absolute Gasteiger partial charge is 0.0683 e. The molecule has 0 radical (unpaired) electrons. The molecule has 0 unspecified atom stereocenters. The maximum absolute atomic E-state index is 4.65. The summed E-state index contributed by atoms with van der Waals surface area (Å²) in [7, 11) is 2.08. The SMILES string of the molecule is Cc1nn(C)c(C2CCNCC2)c1-c1cccs1. The number of piperidine rings is 1. The van der Waals surface area contributed by atoms with Crippen LogP contribution in [0.25, 0.3) is 10.4 Å². The van der Waals surface area contributed by atoms with E-state index in [2.05, 4.69) is 46.6 Å². The normalized spacial score (nSPS) is 17.2. The summed E-state index contributed by atoms with van der Waals surface area (Å²) in [5.74, 6) is 0.648. The van der Waals surface area contributed by atoms with Crippen molar-refractivity contribution in [1.82, 2.24) is 15.1 Å². The van der Waals surface area contributed by atoms with Crippen molar-refractivity contribution in [3.8, 4) is 10.4 Å². The molecular formula is C14H19N3S. The maximum atomic E-state index is 4.65. The number of aromatic nitrogens is 2. The van der Waals surface area contributed by atoms with E-state index in [1.54, 1.807) is 0 Å². The first-order valence-electron chi connectivity index (χ1n) is 6.55. The van der Waals surface area contributed by atoms with E-state index in [0.29, 0.717) is 5.92 Å². The van der Waals surface area contributed by atoms with Gasteiger partial charge in [0.1, 0.15) is 0 Å². The Labute approximate surface area is 112 Å². The van der Waals surface area contributed by atoms with Crippen LogP contribution >= 0.6 is 11.3 Å². The molecule has 3 rings (SSSR count). The van der Waals surface area contributed by atoms with Gasteiger partial charge in [0.15, 0.2) is 0 Å². The van der Waals surface area contributed by atoms with E-state index in [4.69, 9.17) is 0 Å². The summed E-state index contributed by atoms with van der Waals surface area (Å²) in [5, 5.41) is 10.2. The number of nitrogens with one attached hydrogen (secondary N) is 1. The minimum absolute atomic E-state index is 0.648. The zero-order valence-electron chi connectivity index (χ0n) is 10.9. The van der Waals surface area contributed by atoms with Crippen LogP contribution in [0.1, 0.15) is 30.1 Å². The third-order valence-electron chi connectivity index (χ3n) is 3.76. The van der Waals surface area contributed by atoms with Gasteiger partial charge in [0.05, 0.1) is 11.4 Å². The fourth-order valence-electron chi connectivity index (χ4n) is 2.97. The zero-order chi connectivity index (χ0) is 12.5. The Morgan fingerprint density at radius 3 is 2.83 bits per heavy atom. The molecule has 1 N–H and O–H groups in total. The van der Waals surface area contributed by atoms with Gasteiger partial charge in [-0.2, -0.15) is 5.10 Å². The molecule has 1 aliphatic heterocycles. The lowest BCUT2D eigenvalue weighted by molar-refractivity contribution is 0.440. The number of nitrogens with zero attached hydrogens (tertiary/aromatic N) is 2. The van der Waals surface area contributed by atoms with Gasteiger partial charge in [-0.05, 0) is 44.3 Å². The largest absolute Gasteiger partial charge is 0.317 e. The van der Waals surface area contributed by atoms with Crippen LogP contribution in [0.2, 0.25) is 0 Å². The zero-order valence-corrected chi connectivity index (χ0v) is 11.8. The van der Waals surface area contributed by atoms with Crippen molar-refractivity contribution in [3.05, 3.63) is 28.9 Å². The standard InChI is InChI=1S/C14H19N3S/c1-10-13(12-4-3-9-18-12)14(17(2)16-10)11-5-7-15-8-6-11/h3-4,9,11,15H,5-8H2,1-2H3. The van der Waals surface area contributed by atoms with Gasteiger partial charge in [-0.1, -0.05) is 6.07 Å². The van der Waals surface area contributed by atoms with Crippen LogP contribution < -0.4 is 5.32 Å². The Morgan fingerprint density at radius 2 is 2.17 bits per heavy atom. The highest BCUT2D eigenvalue weighted by Crippen LogP contribution is 2.37. The lowest BCUT2D eigenvalue weighted by atomic mass is 9.91. The molecule has 1 fully saturated rings. The predicted molar refractivity (Wildman–Crippen MR) is 76.1 cm³/mol. The quantitative estimate of drug-likeness (QED) is 0.901. The number of rotatable bonds is 2. The monoisotopic (exact) mass is 261 g/mol. The molecule has 0 aliphatic carbocycles. The summed E-state index contributed by atoms with van der Waals surface area (Å²) in [6.45, 7) is 4.37. The lowest BCUT2D eigenvalue weighted by Gasteiger charge is -2.24. The van der Waals surface area contributed by atoms with Crippen molar-refractivity contribution in [2.75, 3.05) is 13.1 Å². The van der Waals surface area contributed by atoms with E-state index in [0.717, 1.165) is 18.8 Å². The van der Waals surface area contributed by atoms with Gasteiger partial charge >= 0.3 is 0 Å². The van der Waals surface area contributed by atoms with Crippen molar-refractivity contribution in [2.24, 2.45) is 7.05 Å². The summed E-state index contributed by atoms with van der Waals surface area (Å²) in [5.41, 5.74) is 3.96. The molecule has 1 saturated heterocycles. The van der Waals surface area contributed by atoms with Gasteiger partial charge in [-0.15, -0.1) is 11.3 Å². The first-order valence-corrected chi connectivity index (χ1v) is 7.43. The fourth-order valence-corrected chi connectivity index (χ4v) is 3.80. The third kappa shape index (κ3) is 1.99. The molecule has 0 atom stereocenters. The molecule has 0 aromatic carbocycles. The first kappa shape index (κ1) is 11.9. The third-order valence-corrected chi connectivity index (χ3v) is 4.65. The Bertz CT molecular complexity index is 521. The molecule has 0 spiro atoms. The molecule has 4 heteroatoms. The van der Waals surface area contributed by atoms with Crippen LogP contribution in [0.3, 0.4) is 0 Å². The molecule has 18 heavy (non-hydrogen) atoms. The van der Waals surface area contributed by atoms with Gasteiger partial charge < -0.3 is 5.32 Å². The van der Waals surface area contributed by atoms with E-state index in [-0.39, 0.29) is 0 Å². The second-order valence-electron chi connectivity index (χ2n) is 4.97. The molecule has 2 aromatic rings. The maximum Gasteiger partial charge on any atom is 0.0683 e. The lowest BCUT2D eigenvalue weighted by Crippen LogP contribution is -2.27. The van der Waals surface area contributed by atoms with Crippen LogP contribution in [-0.4, -0.2) is 22.9 Å². The van der Waals surface area contributed by atoms with Gasteiger partial charge in [0.25, 0.3) is 0 Å². The van der Waals surface area contributed by atoms with Crippen LogP contribution in [0, 0.1) is 6.92 Å². The minimum Gasteiger partial charge on any atom is -0.317 e. The Balaban J connectivity index is 2.07. The van der Waals surface area contributed by atoms with E-state index in [1.165, 1.54) is 29.0 Å². The van der Waals surface area contributed by atoms with Crippen molar-refractivity contribution in [1.29, 1.82) is 0 Å². The van der Waals surface area contributed by atoms with Crippen molar-refractivity contribution in [2.45, 2.75) is 25.7 Å². The van der Waals surface area contributed by atoms with Gasteiger partial charge in [0, 0.05) is 23.4 Å². The summed E-state index contributed by atoms with van der Waals surface area (Å²) in [6, 6.07) is 4.33. The number of aryl methyl sites for hydroxylation is 2. The van der Waals surface area contributed by atoms with Gasteiger partial charge in [-0.25, -0.2) is 0 Å². The summed E-state index contributed by atoms with van der Waals surface area (Å²) >= 11 is 1.81. The Morgan fingerprint density at radius 1 is 1.39 bits per heavy atom. The highest BCUT2D eigenvalue weighted by atomic mass is 32.1. The van der Waals surface area contributed by atoms with Crippen molar-refractivity contribution in [3.63, 3.8) is 0 Å². The number of hydrogen-bond donors (Lipinski definition) is 1. The van der Waals surface area contributed by atoms with Crippen LogP contribution in [-0.2, 0) is 7.05 Å². The highest BCUT2D eigenvalue weighted by Gasteiger charge is 2.24. The topological polar surface area (TPSA) is 29.9 Å². The van der Waals surface area contributed by atoms with Crippen LogP contribution in [0.5, 0.6) is 0 Å². The molecule has 0 bridgehead atoms. The molecule has 2 aromatic heterocycles. The average molecular weight is 261 g/mol. The van der Waals surface area contributed by atoms with E-state index in [1.807, 2.05) is 11.3 Å². The molecular weight excluding hydrogens is 242 g/mol. The molecule has 96 valence electrons. The Kier molecular flexibility index (Phi) is 3.22. The van der Waals surface area contributed by atoms with E-state index in [9.17, 15) is 0 Å². The number of thiophene rings is 1. The van der Waals surface area contributed by atoms with Crippen LogP contribution in [0.15, 0.2) is 17.5 Å². The second-order valence-corrected chi connectivity index (χ2v) is 5.92. The predicted octanol–water partition coefficient (Wildman–Crippen LogP) is 2.92. The summed E-state index contributed by atoms with van der Waals surface area (Å²) in [6.07, 6.45) is 2.44. The first-order chi connectivity index (χ1) is 8.77. The minimum atomic E-state index is 0.648. The molecule has 3 heterocycles. The van der Waals surface area contributed by atoms with Crippen molar-refractivity contribution >= 4 is 11.3 Å². The second kappa shape index (κ2) is 4.86. The molecule has 1 aliphatic rings.